The molecule has 12 heteroatoms. The fraction of sp³-hybridized carbons (Fsp3) is 0.370. The predicted molar refractivity (Wildman–Crippen MR) is 145 cm³/mol. The average Bonchev–Trinajstić information content (AvgIpc) is 3.06. The number of nitrogens with two attached hydrogens (primary N) is 1. The van der Waals surface area contributed by atoms with Gasteiger partial charge in [-0.1, -0.05) is 17.7 Å². The zero-order valence-electron chi connectivity index (χ0n) is 21.7. The predicted octanol–water partition coefficient (Wildman–Crippen LogP) is 4.83. The Morgan fingerprint density at radius 2 is 1.95 bits per heavy atom. The van der Waals surface area contributed by atoms with Gasteiger partial charge in [0.25, 0.3) is 5.92 Å². The fourth-order valence-corrected chi connectivity index (χ4v) is 4.80. The number of hydrogen-bond donors (Lipinski definition) is 3. The molecule has 0 saturated carbocycles. The number of nitrogens with zero attached hydrogens (tertiary/aromatic N) is 3. The molecule has 3 aromatic rings. The standard InChI is InChI=1S/C27H30ClF3N6O2/c1-27(30,31)15-37-10-7-16-12-22(23(39-2)13-17(16)8-11-37)35-26-34-14-20(28)25(36-26)33-9-6-18-19(24(32)38)4-3-5-21(18)29/h3-5,12-14H,6-11,15H2,1-2H3,(H2,32,38)(H2,33,34,35,36). The minimum Gasteiger partial charge on any atom is -0.495 e. The van der Waals surface area contributed by atoms with Crippen molar-refractivity contribution < 1.29 is 22.7 Å². The Labute approximate surface area is 229 Å². The summed E-state index contributed by atoms with van der Waals surface area (Å²) in [5, 5.41) is 6.46. The molecule has 8 nitrogen and oxygen atoms in total. The van der Waals surface area contributed by atoms with Gasteiger partial charge in [0.15, 0.2) is 5.82 Å². The Morgan fingerprint density at radius 3 is 2.62 bits per heavy atom. The van der Waals surface area contributed by atoms with Crippen molar-refractivity contribution in [1.29, 1.82) is 0 Å². The first-order valence-corrected chi connectivity index (χ1v) is 12.8. The number of carbonyl (C=O) groups is 1. The number of carbonyl (C=O) groups excluding carboxylic acids is 1. The molecule has 0 spiro atoms. The first-order valence-electron chi connectivity index (χ1n) is 12.4. The Bertz CT molecular complexity index is 1350. The van der Waals surface area contributed by atoms with E-state index >= 15 is 0 Å². The highest BCUT2D eigenvalue weighted by Crippen LogP contribution is 2.33. The molecule has 4 N–H and O–H groups in total. The smallest absolute Gasteiger partial charge is 0.257 e. The molecule has 4 rings (SSSR count). The van der Waals surface area contributed by atoms with Crippen LogP contribution in [0.25, 0.3) is 0 Å². The van der Waals surface area contributed by atoms with E-state index in [2.05, 4.69) is 20.6 Å². The van der Waals surface area contributed by atoms with Gasteiger partial charge in [0.1, 0.15) is 16.6 Å². The summed E-state index contributed by atoms with van der Waals surface area (Å²) in [7, 11) is 1.55. The lowest BCUT2D eigenvalue weighted by molar-refractivity contribution is -0.0133. The van der Waals surface area contributed by atoms with Crippen LogP contribution in [0.15, 0.2) is 36.5 Å². The van der Waals surface area contributed by atoms with Crippen LogP contribution in [-0.2, 0) is 19.3 Å². The van der Waals surface area contributed by atoms with Crippen LogP contribution in [0.5, 0.6) is 5.75 Å². The van der Waals surface area contributed by atoms with Crippen LogP contribution in [0.3, 0.4) is 0 Å². The summed E-state index contributed by atoms with van der Waals surface area (Å²) < 4.78 is 47.0. The second-order valence-electron chi connectivity index (χ2n) is 9.49. The third-order valence-electron chi connectivity index (χ3n) is 6.46. The van der Waals surface area contributed by atoms with Gasteiger partial charge in [-0.05, 0) is 54.7 Å². The van der Waals surface area contributed by atoms with Crippen LogP contribution in [0.4, 0.5) is 30.6 Å². The monoisotopic (exact) mass is 562 g/mol. The van der Waals surface area contributed by atoms with Crippen molar-refractivity contribution in [2.75, 3.05) is 43.9 Å². The van der Waals surface area contributed by atoms with Gasteiger partial charge >= 0.3 is 0 Å². The summed E-state index contributed by atoms with van der Waals surface area (Å²) in [5.41, 5.74) is 8.39. The summed E-state index contributed by atoms with van der Waals surface area (Å²) in [4.78, 5) is 22.1. The molecular weight excluding hydrogens is 533 g/mol. The first kappa shape index (κ1) is 28.4. The first-order chi connectivity index (χ1) is 18.5. The number of halogens is 4. The molecule has 1 aromatic heterocycles. The average molecular weight is 563 g/mol. The van der Waals surface area contributed by atoms with E-state index in [1.54, 1.807) is 12.0 Å². The summed E-state index contributed by atoms with van der Waals surface area (Å²) in [6.45, 7) is 1.94. The number of rotatable bonds is 10. The van der Waals surface area contributed by atoms with Gasteiger partial charge in [-0.3, -0.25) is 9.69 Å². The van der Waals surface area contributed by atoms with Crippen LogP contribution < -0.4 is 21.1 Å². The zero-order chi connectivity index (χ0) is 28.2. The summed E-state index contributed by atoms with van der Waals surface area (Å²) in [6, 6.07) is 8.01. The van der Waals surface area contributed by atoms with Gasteiger partial charge in [0.05, 0.1) is 25.5 Å². The van der Waals surface area contributed by atoms with Crippen molar-refractivity contribution in [2.45, 2.75) is 32.1 Å². The topological polar surface area (TPSA) is 105 Å². The lowest BCUT2D eigenvalue weighted by atomic mass is 10.0. The van der Waals surface area contributed by atoms with Crippen molar-refractivity contribution in [3.05, 3.63) is 69.6 Å². The van der Waals surface area contributed by atoms with Crippen molar-refractivity contribution in [2.24, 2.45) is 5.73 Å². The van der Waals surface area contributed by atoms with E-state index in [9.17, 15) is 18.0 Å². The molecule has 1 amide bonds. The normalized spacial score (nSPS) is 13.9. The van der Waals surface area contributed by atoms with Gasteiger partial charge in [0.2, 0.25) is 11.9 Å². The Hall–Kier alpha value is -3.57. The molecular formula is C27H30ClF3N6O2. The lowest BCUT2D eigenvalue weighted by Crippen LogP contribution is -2.36. The fourth-order valence-electron chi connectivity index (χ4n) is 4.64. The van der Waals surface area contributed by atoms with Crippen LogP contribution in [-0.4, -0.2) is 60.0 Å². The molecule has 0 bridgehead atoms. The molecule has 2 aromatic carbocycles. The number of fused-ring (bicyclic) bond motifs is 1. The van der Waals surface area contributed by atoms with E-state index in [1.807, 2.05) is 12.1 Å². The highest BCUT2D eigenvalue weighted by Gasteiger charge is 2.27. The molecule has 0 saturated heterocycles. The third-order valence-corrected chi connectivity index (χ3v) is 6.74. The van der Waals surface area contributed by atoms with E-state index in [1.165, 1.54) is 24.4 Å². The van der Waals surface area contributed by atoms with E-state index in [4.69, 9.17) is 22.1 Å². The van der Waals surface area contributed by atoms with E-state index < -0.39 is 17.6 Å². The number of methoxy groups -OCH3 is 1. The van der Waals surface area contributed by atoms with Gasteiger partial charge < -0.3 is 21.1 Å². The number of amides is 1. The number of hydrogen-bond acceptors (Lipinski definition) is 7. The minimum atomic E-state index is -2.75. The van der Waals surface area contributed by atoms with Crippen molar-refractivity contribution in [3.8, 4) is 5.75 Å². The third kappa shape index (κ3) is 7.30. The second-order valence-corrected chi connectivity index (χ2v) is 9.90. The number of nitrogens with one attached hydrogen (secondary N) is 2. The largest absolute Gasteiger partial charge is 0.495 e. The van der Waals surface area contributed by atoms with Crippen LogP contribution in [0.2, 0.25) is 5.02 Å². The number of ether oxygens (including phenoxy) is 1. The number of primary amides is 1. The maximum atomic E-state index is 14.3. The number of alkyl halides is 2. The lowest BCUT2D eigenvalue weighted by Gasteiger charge is -2.23. The Kier molecular flexibility index (Phi) is 8.81. The maximum absolute atomic E-state index is 14.3. The van der Waals surface area contributed by atoms with E-state index in [0.29, 0.717) is 43.2 Å². The number of benzene rings is 2. The molecule has 0 aliphatic carbocycles. The van der Waals surface area contributed by atoms with Crippen LogP contribution in [0.1, 0.15) is 34.0 Å². The maximum Gasteiger partial charge on any atom is 0.257 e. The minimum absolute atomic E-state index is 0.120. The molecule has 0 atom stereocenters. The van der Waals surface area contributed by atoms with Gasteiger partial charge in [-0.2, -0.15) is 4.98 Å². The van der Waals surface area contributed by atoms with Crippen molar-refractivity contribution in [3.63, 3.8) is 0 Å². The summed E-state index contributed by atoms with van der Waals surface area (Å²) >= 11 is 6.28. The molecule has 1 aliphatic heterocycles. The van der Waals surface area contributed by atoms with Crippen molar-refractivity contribution >= 4 is 35.0 Å². The number of aromatic nitrogens is 2. The van der Waals surface area contributed by atoms with Gasteiger partial charge in [-0.25, -0.2) is 18.2 Å². The SMILES string of the molecule is COc1cc2c(cc1Nc1ncc(Cl)c(NCCc3c(F)cccc3C(N)=O)n1)CCN(CC(C)(F)F)CC2. The molecule has 0 fully saturated rings. The number of anilines is 3. The summed E-state index contributed by atoms with van der Waals surface area (Å²) in [6.07, 6.45) is 2.85. The Balaban J connectivity index is 1.48. The Morgan fingerprint density at radius 1 is 1.23 bits per heavy atom. The van der Waals surface area contributed by atoms with Crippen LogP contribution >= 0.6 is 11.6 Å². The second kappa shape index (κ2) is 12.1. The van der Waals surface area contributed by atoms with E-state index in [-0.39, 0.29) is 41.6 Å². The van der Waals surface area contributed by atoms with Gasteiger partial charge in [-0.15, -0.1) is 0 Å². The van der Waals surface area contributed by atoms with Crippen LogP contribution in [0, 0.1) is 5.82 Å². The van der Waals surface area contributed by atoms with Crippen molar-refractivity contribution in [1.82, 2.24) is 14.9 Å². The molecule has 0 radical (unpaired) electrons. The molecule has 1 aliphatic rings. The molecule has 208 valence electrons. The van der Waals surface area contributed by atoms with E-state index in [0.717, 1.165) is 18.1 Å². The highest BCUT2D eigenvalue weighted by molar-refractivity contribution is 6.32. The molecule has 0 unspecified atom stereocenters. The molecule has 2 heterocycles. The molecule has 39 heavy (non-hydrogen) atoms. The quantitative estimate of drug-likeness (QED) is 0.325. The summed E-state index contributed by atoms with van der Waals surface area (Å²) in [5.74, 6) is -2.86. The zero-order valence-corrected chi connectivity index (χ0v) is 22.4. The van der Waals surface area contributed by atoms with Gasteiger partial charge in [0, 0.05) is 37.7 Å². The highest BCUT2D eigenvalue weighted by atomic mass is 35.5.